The molecule has 1 saturated carbocycles. The monoisotopic (exact) mass is 1360 g/mol. The van der Waals surface area contributed by atoms with E-state index in [0.29, 0.717) is 19.3 Å². The molecule has 0 spiro atoms. The van der Waals surface area contributed by atoms with Crippen molar-refractivity contribution in [1.29, 1.82) is 0 Å². The van der Waals surface area contributed by atoms with Gasteiger partial charge in [-0.25, -0.2) is 4.57 Å². The second-order valence-electron chi connectivity index (χ2n) is 26.7. The zero-order valence-corrected chi connectivity index (χ0v) is 58.2. The topological polar surface area (TPSA) is 357 Å². The van der Waals surface area contributed by atoms with E-state index in [9.17, 15) is 70.1 Å². The van der Waals surface area contributed by atoms with Gasteiger partial charge in [0.2, 0.25) is 0 Å². The van der Waals surface area contributed by atoms with Gasteiger partial charge in [0.25, 0.3) is 0 Å². The van der Waals surface area contributed by atoms with Gasteiger partial charge in [0.05, 0.1) is 13.2 Å². The summed E-state index contributed by atoms with van der Waals surface area (Å²) in [6, 6.07) is 0. The lowest BCUT2D eigenvalue weighted by Gasteiger charge is -2.49. The van der Waals surface area contributed by atoms with E-state index < -0.39 is 144 Å². The van der Waals surface area contributed by atoms with Gasteiger partial charge in [0, 0.05) is 19.4 Å². The van der Waals surface area contributed by atoms with Crippen molar-refractivity contribution in [3.63, 3.8) is 0 Å². The Bertz CT molecular complexity index is 1880. The number of phosphoric acid groups is 1. The van der Waals surface area contributed by atoms with Crippen LogP contribution in [-0.2, 0) is 56.4 Å². The first-order chi connectivity index (χ1) is 44.9. The number of unbranched alkanes of at least 4 members (excludes halogenated alkanes) is 37. The lowest BCUT2D eigenvalue weighted by atomic mass is 9.84. The Morgan fingerprint density at radius 3 is 1.09 bits per heavy atom. The van der Waals surface area contributed by atoms with Gasteiger partial charge in [0.15, 0.2) is 12.6 Å². The zero-order valence-electron chi connectivity index (χ0n) is 57.3. The van der Waals surface area contributed by atoms with Gasteiger partial charge in [-0.2, -0.15) is 0 Å². The van der Waals surface area contributed by atoms with Crippen molar-refractivity contribution in [1.82, 2.24) is 0 Å². The molecule has 93 heavy (non-hydrogen) atoms. The van der Waals surface area contributed by atoms with Crippen molar-refractivity contribution >= 4 is 19.8 Å². The predicted octanol–water partition coefficient (Wildman–Crippen LogP) is 9.88. The number of aliphatic hydroxyl groups excluding tert-OH is 10. The average Bonchev–Trinajstić information content (AvgIpc) is 0.788. The molecule has 23 nitrogen and oxygen atoms in total. The molecule has 18 atom stereocenters. The van der Waals surface area contributed by atoms with Crippen LogP contribution in [0.5, 0.6) is 0 Å². The smallest absolute Gasteiger partial charge is 0.463 e. The Balaban J connectivity index is 1.72. The van der Waals surface area contributed by atoms with Crippen LogP contribution in [-0.4, -0.2) is 205 Å². The molecule has 8 unspecified atom stereocenters. The second-order valence-corrected chi connectivity index (χ2v) is 28.1. The molecular formula is C69H131O23P. The number of carbonyl (C=O) groups excluding carboxylic acids is 2. The summed E-state index contributed by atoms with van der Waals surface area (Å²) in [5.41, 5.74) is 0. The van der Waals surface area contributed by atoms with Crippen molar-refractivity contribution in [3.8, 4) is 0 Å². The summed E-state index contributed by atoms with van der Waals surface area (Å²) in [4.78, 5) is 37.5. The van der Waals surface area contributed by atoms with Crippen LogP contribution in [0, 0.1) is 0 Å². The summed E-state index contributed by atoms with van der Waals surface area (Å²) in [6.45, 7) is 4.16. The van der Waals surface area contributed by atoms with Crippen LogP contribution in [0.15, 0.2) is 0 Å². The fraction of sp³-hybridized carbons (Fsp3) is 0.971. The van der Waals surface area contributed by atoms with Crippen molar-refractivity contribution < 1.29 is 112 Å². The van der Waals surface area contributed by atoms with Crippen LogP contribution >= 0.6 is 7.82 Å². The first kappa shape index (κ1) is 85.7. The number of hydrogen-bond donors (Lipinski definition) is 11. The van der Waals surface area contributed by atoms with E-state index in [1.165, 1.54) is 161 Å². The van der Waals surface area contributed by atoms with Crippen LogP contribution < -0.4 is 0 Å². The molecule has 0 amide bonds. The SMILES string of the molecule is CCCCCCCCCCCCCCCCO[C@H](COC(=O)CCCCCCCCCCCCCCC)COP(=O)(O)O[C@@H]1C(O[C@@H]2OC(COC(=O)CCCCCCCCCCCCCCC)[C@H](O)[C@H](O)C2O)C(O)[C@H](O)[C@H](O)C1O[C@H]1OC(CO)[C@@H](O)C(O)[C@H]1O. The Morgan fingerprint density at radius 2 is 0.710 bits per heavy atom. The van der Waals surface area contributed by atoms with Crippen molar-refractivity contribution in [2.75, 3.05) is 33.0 Å². The van der Waals surface area contributed by atoms with E-state index in [0.717, 1.165) is 77.0 Å². The number of ether oxygens (including phenoxy) is 7. The molecule has 0 aromatic carbocycles. The van der Waals surface area contributed by atoms with E-state index in [1.807, 2.05) is 0 Å². The largest absolute Gasteiger partial charge is 0.472 e. The maximum Gasteiger partial charge on any atom is 0.472 e. The van der Waals surface area contributed by atoms with Gasteiger partial charge in [-0.1, -0.05) is 258 Å². The Kier molecular flexibility index (Phi) is 48.3. The molecular weight excluding hydrogens is 1230 g/mol. The summed E-state index contributed by atoms with van der Waals surface area (Å²) in [6.07, 6.45) is 11.1. The van der Waals surface area contributed by atoms with Gasteiger partial charge >= 0.3 is 19.8 Å². The van der Waals surface area contributed by atoms with Crippen LogP contribution in [0.25, 0.3) is 0 Å². The van der Waals surface area contributed by atoms with E-state index in [2.05, 4.69) is 20.8 Å². The molecule has 3 aliphatic rings. The van der Waals surface area contributed by atoms with Crippen molar-refractivity contribution in [2.24, 2.45) is 0 Å². The molecule has 0 radical (unpaired) electrons. The standard InChI is InChI=1S/C69H131O23P/c1-4-7-10-13-16-19-22-25-28-31-34-37-40-43-46-84-51(48-85-54(71)44-41-38-35-32-29-26-23-20-17-14-11-8-5-2)49-87-93(82,83)92-67-65(90-68-63(80)58(75)56(73)52(47-70)88-68)61(78)60(77)62(79)66(67)91-69-64(81)59(76)57(74)53(89-69)50-86-55(72)45-42-39-36-33-30-27-24-21-18-15-12-9-6-3/h51-53,56-70,73-81H,4-50H2,1-3H3,(H,82,83)/t51-,52?,53?,56-,57+,58?,59+,60-,61+,62?,63-,64?,65?,66?,67+,68-,69+/m1/s1. The Morgan fingerprint density at radius 1 is 0.387 bits per heavy atom. The zero-order chi connectivity index (χ0) is 68.1. The van der Waals surface area contributed by atoms with Gasteiger partial charge < -0.3 is 89.1 Å². The van der Waals surface area contributed by atoms with Gasteiger partial charge in [-0.05, 0) is 19.3 Å². The van der Waals surface area contributed by atoms with Crippen molar-refractivity contribution in [3.05, 3.63) is 0 Å². The Hall–Kier alpha value is -1.55. The van der Waals surface area contributed by atoms with Gasteiger partial charge in [-0.3, -0.25) is 18.6 Å². The number of esters is 2. The summed E-state index contributed by atoms with van der Waals surface area (Å²) in [5, 5.41) is 110. The molecule has 1 aliphatic carbocycles. The van der Waals surface area contributed by atoms with Gasteiger partial charge in [0.1, 0.15) is 105 Å². The minimum absolute atomic E-state index is 0.0510. The molecule has 0 aromatic heterocycles. The highest BCUT2D eigenvalue weighted by molar-refractivity contribution is 7.47. The molecule has 3 fully saturated rings. The quantitative estimate of drug-likeness (QED) is 0.0153. The molecule has 3 rings (SSSR count). The van der Waals surface area contributed by atoms with E-state index in [-0.39, 0.29) is 26.1 Å². The predicted molar refractivity (Wildman–Crippen MR) is 351 cm³/mol. The first-order valence-corrected chi connectivity index (χ1v) is 38.3. The van der Waals surface area contributed by atoms with E-state index in [1.54, 1.807) is 0 Å². The summed E-state index contributed by atoms with van der Waals surface area (Å²) in [7, 11) is -5.56. The number of aliphatic hydroxyl groups is 10. The second kappa shape index (κ2) is 52.5. The first-order valence-electron chi connectivity index (χ1n) is 36.8. The summed E-state index contributed by atoms with van der Waals surface area (Å²) in [5.74, 6) is -1.13. The number of phosphoric ester groups is 1. The number of hydrogen-bond acceptors (Lipinski definition) is 22. The maximum atomic E-state index is 14.3. The molecule has 0 bridgehead atoms. The molecule has 24 heteroatoms. The number of carbonyl (C=O) groups is 2. The van der Waals surface area contributed by atoms with Crippen LogP contribution in [0.2, 0.25) is 0 Å². The van der Waals surface area contributed by atoms with E-state index >= 15 is 0 Å². The van der Waals surface area contributed by atoms with Crippen LogP contribution in [0.3, 0.4) is 0 Å². The Labute approximate surface area is 557 Å². The third kappa shape index (κ3) is 35.9. The lowest BCUT2D eigenvalue weighted by Crippen LogP contribution is -2.69. The fourth-order valence-electron chi connectivity index (χ4n) is 12.4. The number of rotatable bonds is 58. The van der Waals surface area contributed by atoms with Crippen molar-refractivity contribution in [2.45, 2.75) is 395 Å². The molecule has 2 saturated heterocycles. The third-order valence-corrected chi connectivity index (χ3v) is 19.4. The summed E-state index contributed by atoms with van der Waals surface area (Å²) < 4.78 is 65.7. The molecule has 2 heterocycles. The van der Waals surface area contributed by atoms with Gasteiger partial charge in [-0.15, -0.1) is 0 Å². The molecule has 550 valence electrons. The highest BCUT2D eigenvalue weighted by Gasteiger charge is 2.58. The highest BCUT2D eigenvalue weighted by atomic mass is 31.2. The summed E-state index contributed by atoms with van der Waals surface area (Å²) >= 11 is 0. The average molecular weight is 1360 g/mol. The lowest BCUT2D eigenvalue weighted by molar-refractivity contribution is -0.360. The molecule has 0 aromatic rings. The van der Waals surface area contributed by atoms with Crippen LogP contribution in [0.4, 0.5) is 0 Å². The maximum absolute atomic E-state index is 14.3. The molecule has 2 aliphatic heterocycles. The third-order valence-electron chi connectivity index (χ3n) is 18.5. The van der Waals surface area contributed by atoms with E-state index in [4.69, 9.17) is 42.2 Å². The normalized spacial score (nSPS) is 28.5. The highest BCUT2D eigenvalue weighted by Crippen LogP contribution is 2.49. The molecule has 11 N–H and O–H groups in total. The van der Waals surface area contributed by atoms with Crippen LogP contribution in [0.1, 0.15) is 290 Å². The minimum atomic E-state index is -5.56. The minimum Gasteiger partial charge on any atom is -0.463 e. The fourth-order valence-corrected chi connectivity index (χ4v) is 13.4.